The molecule has 8 fully saturated rings. The standard InChI is InChI=1S/C49H76O20/c1-21-43(67-37-16-31(53)44(22(2)62-37)68-38-17-33(64-24(4)51)45(23(3)63-38)69-46-42(58)41(57)40(56)34(19-50)66-46)30(52)15-36(61-21)65-27-9-11-47(5)26(14-27)7-8-29-28(47)10-12-48(6)39(25-13-35(55)60-20-25)32(54)18-49(29,48)59/h13,21-23,26-34,36-46,50,52-54,56-59H,7-12,14-20H2,1-6H3/t21-,22-,23-,26-,27+,28+,29-,30+,31+,32+,33+,34-,36+,37+,38+,39+,40-,41+,42-,43-,44-,45-,46+,47?,48?,49?/m1/s1. The van der Waals surface area contributed by atoms with Gasteiger partial charge in [0.25, 0.3) is 0 Å². The van der Waals surface area contributed by atoms with Crippen LogP contribution in [0.3, 0.4) is 0 Å². The second-order valence-corrected chi connectivity index (χ2v) is 22.3. The van der Waals surface area contributed by atoms with E-state index < -0.39 is 134 Å². The van der Waals surface area contributed by atoms with Gasteiger partial charge in [0.2, 0.25) is 0 Å². The summed E-state index contributed by atoms with van der Waals surface area (Å²) in [7, 11) is 0. The molecule has 0 amide bonds. The van der Waals surface area contributed by atoms with Gasteiger partial charge in [-0.3, -0.25) is 4.79 Å². The van der Waals surface area contributed by atoms with Gasteiger partial charge < -0.3 is 88.2 Å². The van der Waals surface area contributed by atoms with E-state index in [9.17, 15) is 50.4 Å². The second-order valence-electron chi connectivity index (χ2n) is 22.3. The Kier molecular flexibility index (Phi) is 15.1. The van der Waals surface area contributed by atoms with E-state index in [1.807, 2.05) is 6.92 Å². The van der Waals surface area contributed by atoms with E-state index in [4.69, 9.17) is 47.4 Å². The number of aliphatic hydroxyl groups excluding tert-OH is 7. The smallest absolute Gasteiger partial charge is 0.331 e. The van der Waals surface area contributed by atoms with E-state index in [0.717, 1.165) is 50.5 Å². The van der Waals surface area contributed by atoms with Crippen LogP contribution in [0.5, 0.6) is 0 Å². The summed E-state index contributed by atoms with van der Waals surface area (Å²) in [6, 6.07) is 0. The number of hydrogen-bond acceptors (Lipinski definition) is 20. The summed E-state index contributed by atoms with van der Waals surface area (Å²) in [6.07, 6.45) is -10.8. The van der Waals surface area contributed by atoms with Crippen molar-refractivity contribution in [3.05, 3.63) is 11.6 Å². The first-order valence-electron chi connectivity index (χ1n) is 25.3. The number of fused-ring (bicyclic) bond motifs is 5. The summed E-state index contributed by atoms with van der Waals surface area (Å²) in [5.74, 6) is -0.609. The SMILES string of the molecule is CC(=O)O[C@H]1C[C@H](O[C@H]2[C@@H](O)C[C@H](O[C@H]3[C@@H](O)C[C@H](O[C@H]4CCC5(C)[C@H](CC[C@@H]6[C@@H]5CCC5(C)[C@@H](C7=CC(=O)OC7)[C@@H](O)CC65O)C4)O[C@@H]3C)O[C@@H]2C)O[C@H](C)[C@H]1O[C@@H]1O[C@H](CO)[C@@H](O)[C@H](O)[C@H]1O. The lowest BCUT2D eigenvalue weighted by atomic mass is 9.43. The third-order valence-electron chi connectivity index (χ3n) is 18.2. The highest BCUT2D eigenvalue weighted by Gasteiger charge is 2.70. The number of ether oxygens (including phenoxy) is 10. The lowest BCUT2D eigenvalue weighted by molar-refractivity contribution is -0.355. The van der Waals surface area contributed by atoms with E-state index in [-0.39, 0.29) is 55.2 Å². The van der Waals surface area contributed by atoms with Crippen LogP contribution in [-0.4, -0.2) is 188 Å². The van der Waals surface area contributed by atoms with Crippen molar-refractivity contribution in [1.29, 1.82) is 0 Å². The summed E-state index contributed by atoms with van der Waals surface area (Å²) < 4.78 is 60.1. The third kappa shape index (κ3) is 9.59. The highest BCUT2D eigenvalue weighted by Crippen LogP contribution is 2.70. The lowest BCUT2D eigenvalue weighted by Gasteiger charge is -2.63. The highest BCUT2D eigenvalue weighted by atomic mass is 16.8. The molecule has 0 radical (unpaired) electrons. The fourth-order valence-electron chi connectivity index (χ4n) is 14.7. The Labute approximate surface area is 402 Å². The molecule has 8 N–H and O–H groups in total. The molecule has 20 nitrogen and oxygen atoms in total. The molecule has 5 aliphatic heterocycles. The van der Waals surface area contributed by atoms with Crippen LogP contribution >= 0.6 is 0 Å². The molecule has 20 heteroatoms. The first kappa shape index (κ1) is 51.9. The molecule has 69 heavy (non-hydrogen) atoms. The number of hydrogen-bond donors (Lipinski definition) is 8. The predicted octanol–water partition coefficient (Wildman–Crippen LogP) is 0.613. The minimum atomic E-state index is -1.68. The first-order valence-corrected chi connectivity index (χ1v) is 25.3. The Bertz CT molecular complexity index is 1850. The van der Waals surface area contributed by atoms with Gasteiger partial charge in [0.15, 0.2) is 25.2 Å². The van der Waals surface area contributed by atoms with Crippen molar-refractivity contribution < 1.29 is 97.8 Å². The molecular formula is C49H76O20. The molecule has 0 spiro atoms. The summed E-state index contributed by atoms with van der Waals surface area (Å²) in [5, 5.41) is 87.5. The molecular weight excluding hydrogens is 909 g/mol. The number of carbonyl (C=O) groups is 2. The van der Waals surface area contributed by atoms with Gasteiger partial charge in [-0.05, 0) is 94.5 Å². The Morgan fingerprint density at radius 2 is 1.33 bits per heavy atom. The van der Waals surface area contributed by atoms with Crippen LogP contribution in [0.1, 0.15) is 112 Å². The Morgan fingerprint density at radius 1 is 0.710 bits per heavy atom. The molecule has 5 heterocycles. The molecule has 9 rings (SSSR count). The van der Waals surface area contributed by atoms with Crippen molar-refractivity contribution in [2.24, 2.45) is 34.5 Å². The van der Waals surface area contributed by atoms with Gasteiger partial charge in [-0.2, -0.15) is 0 Å². The highest BCUT2D eigenvalue weighted by molar-refractivity contribution is 5.85. The largest absolute Gasteiger partial charge is 0.459 e. The molecule has 4 saturated heterocycles. The molecule has 3 unspecified atom stereocenters. The average Bonchev–Trinajstić information content (AvgIpc) is 3.79. The number of rotatable bonds is 11. The zero-order chi connectivity index (χ0) is 49.5. The van der Waals surface area contributed by atoms with Crippen LogP contribution in [-0.2, 0) is 57.0 Å². The van der Waals surface area contributed by atoms with E-state index in [1.165, 1.54) is 13.0 Å². The lowest BCUT2D eigenvalue weighted by Crippen LogP contribution is -2.62. The maximum atomic E-state index is 12.6. The van der Waals surface area contributed by atoms with Crippen molar-refractivity contribution in [3.63, 3.8) is 0 Å². The molecule has 4 aliphatic carbocycles. The molecule has 9 aliphatic rings. The van der Waals surface area contributed by atoms with Crippen molar-refractivity contribution in [1.82, 2.24) is 0 Å². The zero-order valence-electron chi connectivity index (χ0n) is 40.5. The molecule has 4 saturated carbocycles. The molecule has 0 bridgehead atoms. The van der Waals surface area contributed by atoms with Crippen LogP contribution in [0.15, 0.2) is 11.6 Å². The Morgan fingerprint density at radius 3 is 1.93 bits per heavy atom. The maximum Gasteiger partial charge on any atom is 0.331 e. The van der Waals surface area contributed by atoms with E-state index in [1.54, 1.807) is 13.8 Å². The minimum absolute atomic E-state index is 0.000687. The molecule has 0 aromatic carbocycles. The van der Waals surface area contributed by atoms with Gasteiger partial charge in [0.1, 0.15) is 55.4 Å². The van der Waals surface area contributed by atoms with Crippen LogP contribution in [0, 0.1) is 34.5 Å². The van der Waals surface area contributed by atoms with Crippen molar-refractivity contribution in [2.75, 3.05) is 13.2 Å². The van der Waals surface area contributed by atoms with Crippen LogP contribution in [0.25, 0.3) is 0 Å². The third-order valence-corrected chi connectivity index (χ3v) is 18.2. The van der Waals surface area contributed by atoms with Crippen LogP contribution in [0.4, 0.5) is 0 Å². The van der Waals surface area contributed by atoms with Gasteiger partial charge in [-0.25, -0.2) is 4.79 Å². The molecule has 0 aromatic rings. The second kappa shape index (κ2) is 20.0. The van der Waals surface area contributed by atoms with Gasteiger partial charge in [0, 0.05) is 50.0 Å². The first-order chi connectivity index (χ1) is 32.6. The van der Waals surface area contributed by atoms with Crippen LogP contribution < -0.4 is 0 Å². The maximum absolute atomic E-state index is 12.6. The molecule has 392 valence electrons. The average molecular weight is 985 g/mol. The minimum Gasteiger partial charge on any atom is -0.459 e. The quantitative estimate of drug-likeness (QED) is 0.104. The fourth-order valence-corrected chi connectivity index (χ4v) is 14.7. The van der Waals surface area contributed by atoms with E-state index in [0.29, 0.717) is 18.3 Å². The normalized spacial score (nSPS) is 53.3. The molecule has 26 atom stereocenters. The summed E-state index contributed by atoms with van der Waals surface area (Å²) >= 11 is 0. The Hall–Kier alpha value is -1.96. The van der Waals surface area contributed by atoms with E-state index >= 15 is 0 Å². The van der Waals surface area contributed by atoms with Crippen molar-refractivity contribution >= 4 is 11.9 Å². The summed E-state index contributed by atoms with van der Waals surface area (Å²) in [5.41, 5.74) is -0.809. The van der Waals surface area contributed by atoms with Crippen molar-refractivity contribution in [3.8, 4) is 0 Å². The topological polar surface area (TPSA) is 288 Å². The zero-order valence-corrected chi connectivity index (χ0v) is 40.5. The number of carbonyl (C=O) groups excluding carboxylic acids is 2. The van der Waals surface area contributed by atoms with Gasteiger partial charge in [0.05, 0.1) is 54.9 Å². The predicted molar refractivity (Wildman–Crippen MR) is 235 cm³/mol. The number of esters is 2. The van der Waals surface area contributed by atoms with Gasteiger partial charge >= 0.3 is 11.9 Å². The number of cyclic esters (lactones) is 1. The summed E-state index contributed by atoms with van der Waals surface area (Å²) in [4.78, 5) is 24.2. The summed E-state index contributed by atoms with van der Waals surface area (Å²) in [6.45, 7) is 10.4. The van der Waals surface area contributed by atoms with E-state index in [2.05, 4.69) is 13.8 Å². The monoisotopic (exact) mass is 984 g/mol. The molecule has 0 aromatic heterocycles. The Balaban J connectivity index is 0.749. The van der Waals surface area contributed by atoms with Gasteiger partial charge in [-0.15, -0.1) is 0 Å². The van der Waals surface area contributed by atoms with Crippen LogP contribution in [0.2, 0.25) is 0 Å². The van der Waals surface area contributed by atoms with Gasteiger partial charge in [-0.1, -0.05) is 13.8 Å². The fraction of sp³-hybridized carbons (Fsp3) is 0.918. The van der Waals surface area contributed by atoms with Crippen molar-refractivity contribution in [2.45, 2.75) is 234 Å². The number of aliphatic hydroxyl groups is 8.